The summed E-state index contributed by atoms with van der Waals surface area (Å²) in [5, 5.41) is 9.25. The third-order valence-corrected chi connectivity index (χ3v) is 5.58. The Bertz CT molecular complexity index is 829. The lowest BCUT2D eigenvalue weighted by Crippen LogP contribution is -2.21. The van der Waals surface area contributed by atoms with Crippen molar-refractivity contribution in [3.63, 3.8) is 0 Å². The summed E-state index contributed by atoms with van der Waals surface area (Å²) in [5.41, 5.74) is 4.82. The molecule has 1 N–H and O–H groups in total. The van der Waals surface area contributed by atoms with Crippen molar-refractivity contribution in [3.05, 3.63) is 71.8 Å². The summed E-state index contributed by atoms with van der Waals surface area (Å²) in [6.45, 7) is 3.96. The third kappa shape index (κ3) is 4.08. The van der Waals surface area contributed by atoms with Crippen molar-refractivity contribution in [2.75, 3.05) is 18.6 Å². The summed E-state index contributed by atoms with van der Waals surface area (Å²) in [4.78, 5) is 23.6. The number of benzene rings is 2. The molecule has 0 saturated heterocycles. The van der Waals surface area contributed by atoms with Crippen molar-refractivity contribution < 1.29 is 19.4 Å². The van der Waals surface area contributed by atoms with Crippen LogP contribution in [0.5, 0.6) is 0 Å². The molecule has 1 atom stereocenters. The van der Waals surface area contributed by atoms with E-state index in [1.54, 1.807) is 0 Å². The van der Waals surface area contributed by atoms with Gasteiger partial charge >= 0.3 is 11.9 Å². The topological polar surface area (TPSA) is 63.6 Å². The Labute approximate surface area is 163 Å². The maximum atomic E-state index is 12.4. The highest BCUT2D eigenvalue weighted by molar-refractivity contribution is 7.98. The second-order valence-electron chi connectivity index (χ2n) is 6.62. The van der Waals surface area contributed by atoms with Crippen molar-refractivity contribution in [1.82, 2.24) is 0 Å². The second kappa shape index (κ2) is 8.44. The fourth-order valence-corrected chi connectivity index (χ4v) is 4.16. The van der Waals surface area contributed by atoms with Gasteiger partial charge in [0.15, 0.2) is 0 Å². The predicted octanol–water partition coefficient (Wildman–Crippen LogP) is 4.35. The maximum absolute atomic E-state index is 12.4. The van der Waals surface area contributed by atoms with E-state index in [2.05, 4.69) is 30.8 Å². The van der Waals surface area contributed by atoms with E-state index >= 15 is 0 Å². The summed E-state index contributed by atoms with van der Waals surface area (Å²) in [5.74, 6) is -1.66. The van der Waals surface area contributed by atoms with E-state index in [0.29, 0.717) is 5.75 Å². The minimum absolute atomic E-state index is 0.0179. The van der Waals surface area contributed by atoms with Crippen LogP contribution in [0.2, 0.25) is 0 Å². The van der Waals surface area contributed by atoms with E-state index in [4.69, 9.17) is 4.74 Å². The first-order chi connectivity index (χ1) is 13.0. The van der Waals surface area contributed by atoms with Gasteiger partial charge in [0, 0.05) is 17.2 Å². The molecule has 0 bridgehead atoms. The highest BCUT2D eigenvalue weighted by atomic mass is 32.2. The van der Waals surface area contributed by atoms with E-state index in [-0.39, 0.29) is 24.5 Å². The van der Waals surface area contributed by atoms with Gasteiger partial charge in [-0.05, 0) is 34.9 Å². The first-order valence-corrected chi connectivity index (χ1v) is 10.2. The van der Waals surface area contributed by atoms with Gasteiger partial charge in [-0.2, -0.15) is 11.8 Å². The Hall–Kier alpha value is -2.53. The fourth-order valence-electron chi connectivity index (χ4n) is 3.50. The smallest absolute Gasteiger partial charge is 0.333 e. The second-order valence-corrected chi connectivity index (χ2v) is 7.53. The highest BCUT2D eigenvalue weighted by Crippen LogP contribution is 2.44. The molecular formula is C22H22O4S. The minimum atomic E-state index is -0.919. The molecule has 0 saturated carbocycles. The number of carbonyl (C=O) groups excluding carboxylic acids is 1. The Balaban J connectivity index is 1.69. The third-order valence-electron chi connectivity index (χ3n) is 4.84. The standard InChI is InChI=1S/C22H22O4S/c1-14(11-15(13-27-2)21(23)24)22(25)26-12-20-18-9-5-3-7-16(18)17-8-4-6-10-19(17)20/h3-10,15,20H,1,11-13H2,2H3,(H,23,24). The number of esters is 1. The van der Waals surface area contributed by atoms with Crippen LogP contribution >= 0.6 is 11.8 Å². The molecule has 0 fully saturated rings. The van der Waals surface area contributed by atoms with Gasteiger partial charge in [0.1, 0.15) is 6.61 Å². The molecule has 4 nitrogen and oxygen atoms in total. The zero-order valence-corrected chi connectivity index (χ0v) is 16.0. The molecule has 0 heterocycles. The van der Waals surface area contributed by atoms with Crippen molar-refractivity contribution in [3.8, 4) is 11.1 Å². The fraction of sp³-hybridized carbons (Fsp3) is 0.273. The van der Waals surface area contributed by atoms with Crippen molar-refractivity contribution in [1.29, 1.82) is 0 Å². The number of carboxylic acids is 1. The lowest BCUT2D eigenvalue weighted by molar-refractivity contribution is -0.141. The van der Waals surface area contributed by atoms with Gasteiger partial charge in [0.25, 0.3) is 0 Å². The lowest BCUT2D eigenvalue weighted by Gasteiger charge is -2.16. The average molecular weight is 382 g/mol. The highest BCUT2D eigenvalue weighted by Gasteiger charge is 2.29. The summed E-state index contributed by atoms with van der Waals surface area (Å²) in [6.07, 6.45) is 1.94. The zero-order chi connectivity index (χ0) is 19.4. The van der Waals surface area contributed by atoms with Crippen LogP contribution in [0.25, 0.3) is 11.1 Å². The molecule has 0 amide bonds. The number of aliphatic carboxylic acids is 1. The minimum Gasteiger partial charge on any atom is -0.481 e. The normalized spacial score (nSPS) is 13.5. The molecule has 2 aromatic rings. The van der Waals surface area contributed by atoms with E-state index in [9.17, 15) is 14.7 Å². The molecule has 0 spiro atoms. The molecule has 0 radical (unpaired) electrons. The molecular weight excluding hydrogens is 360 g/mol. The number of hydrogen-bond donors (Lipinski definition) is 1. The molecule has 140 valence electrons. The van der Waals surface area contributed by atoms with Crippen LogP contribution < -0.4 is 0 Å². The van der Waals surface area contributed by atoms with Crippen LogP contribution in [-0.4, -0.2) is 35.7 Å². The molecule has 1 unspecified atom stereocenters. The van der Waals surface area contributed by atoms with Gasteiger partial charge in [0.05, 0.1) is 5.92 Å². The maximum Gasteiger partial charge on any atom is 0.333 e. The molecule has 27 heavy (non-hydrogen) atoms. The molecule has 5 heteroatoms. The predicted molar refractivity (Wildman–Crippen MR) is 108 cm³/mol. The van der Waals surface area contributed by atoms with Crippen molar-refractivity contribution in [2.45, 2.75) is 12.3 Å². The van der Waals surface area contributed by atoms with Crippen LogP contribution in [0.1, 0.15) is 23.5 Å². The largest absolute Gasteiger partial charge is 0.481 e. The number of carbonyl (C=O) groups is 2. The summed E-state index contributed by atoms with van der Waals surface area (Å²) >= 11 is 1.44. The Morgan fingerprint density at radius 2 is 1.67 bits per heavy atom. The first kappa shape index (κ1) is 19.2. The van der Waals surface area contributed by atoms with Crippen LogP contribution in [-0.2, 0) is 14.3 Å². The molecule has 1 aliphatic rings. The van der Waals surface area contributed by atoms with E-state index < -0.39 is 17.9 Å². The van der Waals surface area contributed by atoms with Gasteiger partial charge in [-0.1, -0.05) is 55.1 Å². The first-order valence-electron chi connectivity index (χ1n) is 8.77. The molecule has 2 aromatic carbocycles. The van der Waals surface area contributed by atoms with E-state index in [1.807, 2.05) is 30.5 Å². The van der Waals surface area contributed by atoms with Crippen LogP contribution in [0.3, 0.4) is 0 Å². The molecule has 0 aromatic heterocycles. The Morgan fingerprint density at radius 3 is 2.19 bits per heavy atom. The van der Waals surface area contributed by atoms with E-state index in [1.165, 1.54) is 22.9 Å². The lowest BCUT2D eigenvalue weighted by atomic mass is 9.98. The number of hydrogen-bond acceptors (Lipinski definition) is 4. The van der Waals surface area contributed by atoms with Crippen molar-refractivity contribution >= 4 is 23.7 Å². The number of carboxylic acid groups (broad SMARTS) is 1. The summed E-state index contributed by atoms with van der Waals surface area (Å²) in [6, 6.07) is 16.2. The summed E-state index contributed by atoms with van der Waals surface area (Å²) in [7, 11) is 0. The quantitative estimate of drug-likeness (QED) is 0.543. The van der Waals surface area contributed by atoms with E-state index in [0.717, 1.165) is 11.1 Å². The van der Waals surface area contributed by atoms with Crippen LogP contribution in [0.15, 0.2) is 60.7 Å². The number of rotatable bonds is 8. The summed E-state index contributed by atoms with van der Waals surface area (Å²) < 4.78 is 5.52. The van der Waals surface area contributed by atoms with Crippen LogP contribution in [0, 0.1) is 5.92 Å². The monoisotopic (exact) mass is 382 g/mol. The Morgan fingerprint density at radius 1 is 1.11 bits per heavy atom. The van der Waals surface area contributed by atoms with Gasteiger partial charge in [-0.25, -0.2) is 4.79 Å². The van der Waals surface area contributed by atoms with Gasteiger partial charge in [-0.15, -0.1) is 0 Å². The van der Waals surface area contributed by atoms with Gasteiger partial charge in [0.2, 0.25) is 0 Å². The van der Waals surface area contributed by atoms with Gasteiger partial charge < -0.3 is 9.84 Å². The molecule has 1 aliphatic carbocycles. The number of thioether (sulfide) groups is 1. The molecule has 3 rings (SSSR count). The number of fused-ring (bicyclic) bond motifs is 3. The van der Waals surface area contributed by atoms with Crippen LogP contribution in [0.4, 0.5) is 0 Å². The zero-order valence-electron chi connectivity index (χ0n) is 15.2. The SMILES string of the molecule is C=C(CC(CSC)C(=O)O)C(=O)OCC1c2ccccc2-c2ccccc21. The molecule has 0 aliphatic heterocycles. The van der Waals surface area contributed by atoms with Crippen molar-refractivity contribution in [2.24, 2.45) is 5.92 Å². The number of ether oxygens (including phenoxy) is 1. The Kier molecular flexibility index (Phi) is 6.01. The van der Waals surface area contributed by atoms with Gasteiger partial charge in [-0.3, -0.25) is 4.79 Å². The average Bonchev–Trinajstić information content (AvgIpc) is 2.99.